The standard InChI is InChI=1S/C24H30N2O5/c1-17(27)26-13-11-20(12-14-26)31-23-15-19(9-10-22(23)30-3)24(29)25(2)16-21(28)18-7-5-4-6-8-18/h4-10,15,20-21,28H,11-14,16H2,1-3H3/t21-/m0/s1. The SMILES string of the molecule is COc1ccc(C(=O)N(C)C[C@H](O)c2ccccc2)cc1OC1CCN(C(C)=O)CC1. The molecule has 0 unspecified atom stereocenters. The number of methoxy groups -OCH3 is 1. The third-order valence-electron chi connectivity index (χ3n) is 5.57. The van der Waals surface area contributed by atoms with Gasteiger partial charge in [-0.2, -0.15) is 0 Å². The second kappa shape index (κ2) is 10.3. The van der Waals surface area contributed by atoms with Crippen molar-refractivity contribution in [3.05, 3.63) is 59.7 Å². The molecule has 0 saturated carbocycles. The summed E-state index contributed by atoms with van der Waals surface area (Å²) >= 11 is 0. The lowest BCUT2D eigenvalue weighted by atomic mass is 10.1. The van der Waals surface area contributed by atoms with E-state index in [1.54, 1.807) is 39.3 Å². The molecule has 2 amide bonds. The van der Waals surface area contributed by atoms with E-state index in [9.17, 15) is 14.7 Å². The molecule has 1 aliphatic heterocycles. The van der Waals surface area contributed by atoms with Crippen molar-refractivity contribution in [2.24, 2.45) is 0 Å². The summed E-state index contributed by atoms with van der Waals surface area (Å²) in [6, 6.07) is 14.4. The normalized spacial score (nSPS) is 15.3. The number of carbonyl (C=O) groups is 2. The highest BCUT2D eigenvalue weighted by Gasteiger charge is 2.24. The van der Waals surface area contributed by atoms with Crippen molar-refractivity contribution >= 4 is 11.8 Å². The van der Waals surface area contributed by atoms with Crippen molar-refractivity contribution in [3.8, 4) is 11.5 Å². The molecule has 31 heavy (non-hydrogen) atoms. The van der Waals surface area contributed by atoms with Gasteiger partial charge in [0.2, 0.25) is 5.91 Å². The number of likely N-dealkylation sites (N-methyl/N-ethyl adjacent to an activating group) is 1. The lowest BCUT2D eigenvalue weighted by Gasteiger charge is -2.31. The molecule has 1 N–H and O–H groups in total. The zero-order chi connectivity index (χ0) is 22.4. The first-order valence-corrected chi connectivity index (χ1v) is 10.5. The third-order valence-corrected chi connectivity index (χ3v) is 5.57. The number of amides is 2. The lowest BCUT2D eigenvalue weighted by Crippen LogP contribution is -2.40. The maximum Gasteiger partial charge on any atom is 0.253 e. The van der Waals surface area contributed by atoms with Gasteiger partial charge in [0.15, 0.2) is 11.5 Å². The Bertz CT molecular complexity index is 894. The molecule has 3 rings (SSSR count). The Morgan fingerprint density at radius 3 is 2.42 bits per heavy atom. The molecule has 1 saturated heterocycles. The van der Waals surface area contributed by atoms with Gasteiger partial charge in [-0.15, -0.1) is 0 Å². The fourth-order valence-electron chi connectivity index (χ4n) is 3.71. The minimum Gasteiger partial charge on any atom is -0.493 e. The molecule has 1 atom stereocenters. The lowest BCUT2D eigenvalue weighted by molar-refractivity contribution is -0.130. The van der Waals surface area contributed by atoms with Crippen LogP contribution in [0.3, 0.4) is 0 Å². The summed E-state index contributed by atoms with van der Waals surface area (Å²) in [4.78, 5) is 27.8. The number of hydrogen-bond acceptors (Lipinski definition) is 5. The van der Waals surface area contributed by atoms with Crippen molar-refractivity contribution in [3.63, 3.8) is 0 Å². The Morgan fingerprint density at radius 2 is 1.81 bits per heavy atom. The highest BCUT2D eigenvalue weighted by Crippen LogP contribution is 2.31. The minimum atomic E-state index is -0.768. The number of carbonyl (C=O) groups excluding carboxylic acids is 2. The Labute approximate surface area is 183 Å². The summed E-state index contributed by atoms with van der Waals surface area (Å²) in [5.41, 5.74) is 1.22. The smallest absolute Gasteiger partial charge is 0.253 e. The number of rotatable bonds is 7. The van der Waals surface area contributed by atoms with Crippen LogP contribution in [-0.4, -0.2) is 66.6 Å². The zero-order valence-corrected chi connectivity index (χ0v) is 18.3. The molecular formula is C24H30N2O5. The monoisotopic (exact) mass is 426 g/mol. The highest BCUT2D eigenvalue weighted by molar-refractivity contribution is 5.94. The van der Waals surface area contributed by atoms with Crippen molar-refractivity contribution in [1.29, 1.82) is 0 Å². The van der Waals surface area contributed by atoms with E-state index < -0.39 is 6.10 Å². The second-order valence-corrected chi connectivity index (χ2v) is 7.80. The molecule has 0 radical (unpaired) electrons. The Hall–Kier alpha value is -3.06. The van der Waals surface area contributed by atoms with Crippen LogP contribution in [0.5, 0.6) is 11.5 Å². The summed E-state index contributed by atoms with van der Waals surface area (Å²) in [6.45, 7) is 3.06. The molecule has 7 heteroatoms. The quantitative estimate of drug-likeness (QED) is 0.737. The molecule has 7 nitrogen and oxygen atoms in total. The number of ether oxygens (including phenoxy) is 2. The fourth-order valence-corrected chi connectivity index (χ4v) is 3.71. The van der Waals surface area contributed by atoms with Crippen LogP contribution < -0.4 is 9.47 Å². The van der Waals surface area contributed by atoms with Gasteiger partial charge in [0.1, 0.15) is 6.10 Å². The van der Waals surface area contributed by atoms with Crippen LogP contribution in [0.15, 0.2) is 48.5 Å². The number of likely N-dealkylation sites (tertiary alicyclic amines) is 1. The average Bonchev–Trinajstić information content (AvgIpc) is 2.79. The number of hydrogen-bond donors (Lipinski definition) is 1. The molecular weight excluding hydrogens is 396 g/mol. The first kappa shape index (κ1) is 22.6. The van der Waals surface area contributed by atoms with Crippen LogP contribution in [0.2, 0.25) is 0 Å². The van der Waals surface area contributed by atoms with Gasteiger partial charge in [-0.1, -0.05) is 30.3 Å². The zero-order valence-electron chi connectivity index (χ0n) is 18.3. The maximum atomic E-state index is 12.9. The highest BCUT2D eigenvalue weighted by atomic mass is 16.5. The molecule has 2 aromatic rings. The average molecular weight is 427 g/mol. The van der Waals surface area contributed by atoms with Crippen molar-refractivity contribution < 1.29 is 24.2 Å². The van der Waals surface area contributed by atoms with Crippen LogP contribution >= 0.6 is 0 Å². The van der Waals surface area contributed by atoms with E-state index in [0.29, 0.717) is 30.2 Å². The molecule has 0 aromatic heterocycles. The van der Waals surface area contributed by atoms with Gasteiger partial charge in [-0.25, -0.2) is 0 Å². The molecule has 0 bridgehead atoms. The van der Waals surface area contributed by atoms with E-state index in [2.05, 4.69) is 0 Å². The molecule has 166 valence electrons. The predicted octanol–water partition coefficient (Wildman–Crippen LogP) is 2.89. The number of aliphatic hydroxyl groups excluding tert-OH is 1. The molecule has 1 fully saturated rings. The van der Waals surface area contributed by atoms with Crippen molar-refractivity contribution in [2.45, 2.75) is 32.0 Å². The molecule has 2 aromatic carbocycles. The van der Waals surface area contributed by atoms with E-state index in [1.165, 1.54) is 4.90 Å². The van der Waals surface area contributed by atoms with Gasteiger partial charge >= 0.3 is 0 Å². The van der Waals surface area contributed by atoms with Crippen molar-refractivity contribution in [1.82, 2.24) is 9.80 Å². The van der Waals surface area contributed by atoms with Gasteiger partial charge in [-0.05, 0) is 23.8 Å². The summed E-state index contributed by atoms with van der Waals surface area (Å²) < 4.78 is 11.6. The van der Waals surface area contributed by atoms with Crippen LogP contribution in [0, 0.1) is 0 Å². The Kier molecular flexibility index (Phi) is 7.52. The van der Waals surface area contributed by atoms with Crippen LogP contribution in [-0.2, 0) is 4.79 Å². The molecule has 0 spiro atoms. The molecule has 1 aliphatic rings. The number of nitrogens with zero attached hydrogens (tertiary/aromatic N) is 2. The van der Waals surface area contributed by atoms with Crippen molar-refractivity contribution in [2.75, 3.05) is 33.8 Å². The molecule has 0 aliphatic carbocycles. The van der Waals surface area contributed by atoms with Gasteiger partial charge in [-0.3, -0.25) is 9.59 Å². The summed E-state index contributed by atoms with van der Waals surface area (Å²) in [5.74, 6) is 0.919. The largest absolute Gasteiger partial charge is 0.493 e. The third kappa shape index (κ3) is 5.76. The number of aliphatic hydroxyl groups is 1. The van der Waals surface area contributed by atoms with Gasteiger partial charge in [0, 0.05) is 45.5 Å². The van der Waals surface area contributed by atoms with E-state index in [4.69, 9.17) is 9.47 Å². The minimum absolute atomic E-state index is 0.0486. The van der Waals surface area contributed by atoms with Gasteiger partial charge in [0.05, 0.1) is 19.8 Å². The predicted molar refractivity (Wildman–Crippen MR) is 117 cm³/mol. The van der Waals surface area contributed by atoms with E-state index in [0.717, 1.165) is 18.4 Å². The molecule has 1 heterocycles. The first-order valence-electron chi connectivity index (χ1n) is 10.5. The fraction of sp³-hybridized carbons (Fsp3) is 0.417. The van der Waals surface area contributed by atoms with Crippen LogP contribution in [0.25, 0.3) is 0 Å². The second-order valence-electron chi connectivity index (χ2n) is 7.80. The number of benzene rings is 2. The van der Waals surface area contributed by atoms with Crippen LogP contribution in [0.1, 0.15) is 41.8 Å². The maximum absolute atomic E-state index is 12.9. The van der Waals surface area contributed by atoms with Gasteiger partial charge in [0.25, 0.3) is 5.91 Å². The van der Waals surface area contributed by atoms with Gasteiger partial charge < -0.3 is 24.4 Å². The summed E-state index contributed by atoms with van der Waals surface area (Å²) in [6.07, 6.45) is 0.636. The summed E-state index contributed by atoms with van der Waals surface area (Å²) in [7, 11) is 3.22. The topological polar surface area (TPSA) is 79.3 Å². The van der Waals surface area contributed by atoms with E-state index in [-0.39, 0.29) is 24.5 Å². The Balaban J connectivity index is 1.67. The van der Waals surface area contributed by atoms with E-state index in [1.807, 2.05) is 35.2 Å². The van der Waals surface area contributed by atoms with E-state index >= 15 is 0 Å². The first-order chi connectivity index (χ1) is 14.9. The number of piperidine rings is 1. The Morgan fingerprint density at radius 1 is 1.13 bits per heavy atom. The summed E-state index contributed by atoms with van der Waals surface area (Å²) in [5, 5.41) is 10.4. The van der Waals surface area contributed by atoms with Crippen LogP contribution in [0.4, 0.5) is 0 Å².